The summed E-state index contributed by atoms with van der Waals surface area (Å²) >= 11 is 0. The number of likely N-dealkylation sites (N-methyl/N-ethyl adjacent to an activating group) is 1. The van der Waals surface area contributed by atoms with Crippen molar-refractivity contribution in [2.45, 2.75) is 12.1 Å². The molecule has 0 aliphatic heterocycles. The van der Waals surface area contributed by atoms with E-state index in [1.807, 2.05) is 0 Å². The van der Waals surface area contributed by atoms with Gasteiger partial charge in [0.25, 0.3) is 0 Å². The van der Waals surface area contributed by atoms with Crippen molar-refractivity contribution in [3.63, 3.8) is 0 Å². The zero-order chi connectivity index (χ0) is 22.4. The molecule has 0 saturated heterocycles. The zero-order valence-corrected chi connectivity index (χ0v) is 11.6. The van der Waals surface area contributed by atoms with E-state index in [2.05, 4.69) is 4.98 Å². The van der Waals surface area contributed by atoms with Crippen molar-refractivity contribution in [1.29, 1.82) is 0 Å². The maximum absolute atomic E-state index is 12.3. The molecule has 0 unspecified atom stereocenters. The van der Waals surface area contributed by atoms with Crippen molar-refractivity contribution in [3.8, 4) is 0 Å². The fraction of sp³-hybridized carbons (Fsp3) is 0.429. The summed E-state index contributed by atoms with van der Waals surface area (Å²) in [5.74, 6) is 0. The molecule has 0 aliphatic carbocycles. The number of hydrogen-bond acceptors (Lipinski definition) is 3. The number of hydrogen-bond donors (Lipinski definition) is 2. The molecule has 5 nitrogen and oxygen atoms in total. The number of fused-ring (bicyclic) bond motifs is 1. The fourth-order valence-corrected chi connectivity index (χ4v) is 2.32. The minimum atomic E-state index is -4.91. The van der Waals surface area contributed by atoms with Crippen molar-refractivity contribution in [2.24, 2.45) is 0 Å². The van der Waals surface area contributed by atoms with Crippen molar-refractivity contribution in [1.82, 2.24) is 14.6 Å². The summed E-state index contributed by atoms with van der Waals surface area (Å²) in [6.07, 6.45) is 0.153. The van der Waals surface area contributed by atoms with Crippen LogP contribution in [0.25, 0.3) is 10.9 Å². The molecule has 0 bridgehead atoms. The van der Waals surface area contributed by atoms with Crippen molar-refractivity contribution >= 4 is 20.9 Å². The number of nitrogens with one attached hydrogen (secondary N) is 2. The summed E-state index contributed by atoms with van der Waals surface area (Å²) in [5, 5.41) is 0.361. The Morgan fingerprint density at radius 1 is 1.55 bits per heavy atom. The second kappa shape index (κ2) is 5.95. The second-order valence-corrected chi connectivity index (χ2v) is 5.78. The monoisotopic (exact) mass is 304 g/mol. The highest BCUT2D eigenvalue weighted by molar-refractivity contribution is 7.88. The average Bonchev–Trinajstić information content (AvgIpc) is 2.83. The van der Waals surface area contributed by atoms with E-state index in [1.54, 1.807) is 0 Å². The third-order valence-corrected chi connectivity index (χ3v) is 3.55. The van der Waals surface area contributed by atoms with E-state index in [1.165, 1.54) is 30.0 Å². The van der Waals surface area contributed by atoms with Crippen LogP contribution in [0.4, 0.5) is 0 Å². The van der Waals surface area contributed by atoms with Crippen LogP contribution >= 0.6 is 0 Å². The number of sulfonamides is 1. The molecule has 2 aromatic rings. The van der Waals surface area contributed by atoms with E-state index < -0.39 is 29.7 Å². The molecule has 0 spiro atoms. The summed E-state index contributed by atoms with van der Waals surface area (Å²) in [6, 6.07) is 3.81. The molecule has 1 heterocycles. The molecule has 0 fully saturated rings. The van der Waals surface area contributed by atoms with Gasteiger partial charge in [0, 0.05) is 34.6 Å². The van der Waals surface area contributed by atoms with Gasteiger partial charge in [0.05, 0.1) is 7.08 Å². The minimum Gasteiger partial charge on any atom is -0.361 e. The number of benzene rings is 1. The Kier molecular flexibility index (Phi) is 2.10. The largest absolute Gasteiger partial charge is 0.361 e. The van der Waals surface area contributed by atoms with Gasteiger partial charge in [-0.3, -0.25) is 0 Å². The second-order valence-electron chi connectivity index (χ2n) is 4.37. The standard InChI is InChI=1S/C14H21N3O2S/c1-15-20(18,19)10-11-4-5-14-13(8-11)12(9-16-14)6-7-17(2)3/h4-5,8-9,15-16H,6-7,10H2,1-3H3/i1D3,2D3,9D,10D2. The van der Waals surface area contributed by atoms with Crippen LogP contribution in [0.5, 0.6) is 0 Å². The average molecular weight is 304 g/mol. The van der Waals surface area contributed by atoms with Gasteiger partial charge < -0.3 is 9.88 Å². The Bertz CT molecular complexity index is 996. The highest BCUT2D eigenvalue weighted by Crippen LogP contribution is 2.21. The summed E-state index contributed by atoms with van der Waals surface area (Å²) in [4.78, 5) is 3.90. The quantitative estimate of drug-likeness (QED) is 0.846. The van der Waals surface area contributed by atoms with Gasteiger partial charge in [-0.25, -0.2) is 13.1 Å². The molecular formula is C14H21N3O2S. The first-order valence-electron chi connectivity index (χ1n) is 10.3. The summed E-state index contributed by atoms with van der Waals surface area (Å²) < 4.78 is 93.1. The molecule has 0 saturated carbocycles. The summed E-state index contributed by atoms with van der Waals surface area (Å²) in [5.41, 5.74) is -2.52. The lowest BCUT2D eigenvalue weighted by molar-refractivity contribution is 0.414. The molecule has 110 valence electrons. The van der Waals surface area contributed by atoms with Crippen LogP contribution in [0, 0.1) is 0 Å². The Hall–Kier alpha value is -1.37. The van der Waals surface area contributed by atoms with Gasteiger partial charge in [-0.1, -0.05) is 6.07 Å². The number of rotatable bonds is 6. The van der Waals surface area contributed by atoms with Gasteiger partial charge in [-0.15, -0.1) is 0 Å². The molecule has 20 heavy (non-hydrogen) atoms. The van der Waals surface area contributed by atoms with E-state index in [0.717, 1.165) is 4.90 Å². The van der Waals surface area contributed by atoms with Crippen LogP contribution in [-0.4, -0.2) is 45.8 Å². The van der Waals surface area contributed by atoms with Gasteiger partial charge >= 0.3 is 0 Å². The number of nitrogens with zero attached hydrogens (tertiary/aromatic N) is 1. The van der Waals surface area contributed by atoms with E-state index in [9.17, 15) is 8.42 Å². The van der Waals surface area contributed by atoms with Crippen molar-refractivity contribution < 1.29 is 20.8 Å². The predicted octanol–water partition coefficient (Wildman–Crippen LogP) is 1.32. The molecular weight excluding hydrogens is 274 g/mol. The van der Waals surface area contributed by atoms with Crippen LogP contribution < -0.4 is 4.72 Å². The lowest BCUT2D eigenvalue weighted by Gasteiger charge is -2.08. The fourth-order valence-electron chi connectivity index (χ4n) is 1.83. The first-order valence-corrected chi connectivity index (χ1v) is 7.30. The molecule has 0 atom stereocenters. The van der Waals surface area contributed by atoms with Gasteiger partial charge in [-0.2, -0.15) is 0 Å². The maximum atomic E-state index is 12.3. The van der Waals surface area contributed by atoms with Crippen LogP contribution in [-0.2, 0) is 22.1 Å². The Morgan fingerprint density at radius 2 is 2.40 bits per heavy atom. The van der Waals surface area contributed by atoms with Crippen LogP contribution in [0.1, 0.15) is 23.5 Å². The number of aromatic nitrogens is 1. The molecule has 1 aromatic heterocycles. The third-order valence-electron chi connectivity index (χ3n) is 2.78. The van der Waals surface area contributed by atoms with Crippen molar-refractivity contribution in [3.05, 3.63) is 35.5 Å². The molecule has 1 aromatic carbocycles. The Labute approximate surface area is 132 Å². The van der Waals surface area contributed by atoms with E-state index in [0.29, 0.717) is 16.5 Å². The van der Waals surface area contributed by atoms with E-state index >= 15 is 0 Å². The smallest absolute Gasteiger partial charge is 0.215 e. The van der Waals surface area contributed by atoms with Gasteiger partial charge in [0.15, 0.2) is 0 Å². The molecule has 0 radical (unpaired) electrons. The van der Waals surface area contributed by atoms with E-state index in [4.69, 9.17) is 12.3 Å². The molecule has 6 heteroatoms. The minimum absolute atomic E-state index is 0.000117. The van der Waals surface area contributed by atoms with Crippen LogP contribution in [0.3, 0.4) is 0 Å². The first kappa shape index (κ1) is 7.06. The summed E-state index contributed by atoms with van der Waals surface area (Å²) in [6.45, 7) is -5.32. The van der Waals surface area contributed by atoms with Gasteiger partial charge in [-0.05, 0) is 50.7 Å². The maximum Gasteiger partial charge on any atom is 0.215 e. The van der Waals surface area contributed by atoms with Crippen molar-refractivity contribution in [2.75, 3.05) is 27.5 Å². The summed E-state index contributed by atoms with van der Waals surface area (Å²) in [7, 11) is -3.50. The zero-order valence-electron chi connectivity index (χ0n) is 19.8. The molecule has 0 amide bonds. The van der Waals surface area contributed by atoms with Crippen LogP contribution in [0.15, 0.2) is 24.4 Å². The first-order chi connectivity index (χ1) is 13.0. The SMILES string of the molecule is [2H]c1[nH]c2ccc(C([2H])([2H])S(=O)(=O)NC([2H])([2H])[2H])cc2c1CCN(C)C([2H])([2H])[2H]. The van der Waals surface area contributed by atoms with Gasteiger partial charge in [0.1, 0.15) is 0 Å². The molecule has 0 aliphatic rings. The normalized spacial score (nSPS) is 21.0. The molecule has 2 rings (SSSR count). The molecule has 2 N–H and O–H groups in total. The van der Waals surface area contributed by atoms with E-state index in [-0.39, 0.29) is 24.7 Å². The Balaban J connectivity index is 2.45. The number of H-pyrrole nitrogens is 1. The Morgan fingerprint density at radius 3 is 3.15 bits per heavy atom. The predicted molar refractivity (Wildman–Crippen MR) is 82.2 cm³/mol. The lowest BCUT2D eigenvalue weighted by Crippen LogP contribution is -2.20. The topological polar surface area (TPSA) is 65.2 Å². The highest BCUT2D eigenvalue weighted by Gasteiger charge is 2.11. The van der Waals surface area contributed by atoms with Crippen LogP contribution in [0.2, 0.25) is 0 Å². The third kappa shape index (κ3) is 3.59. The lowest BCUT2D eigenvalue weighted by atomic mass is 10.1. The number of aromatic amines is 1. The highest BCUT2D eigenvalue weighted by atomic mass is 32.2. The van der Waals surface area contributed by atoms with Gasteiger partial charge in [0.2, 0.25) is 10.0 Å².